The van der Waals surface area contributed by atoms with E-state index in [0.29, 0.717) is 17.1 Å². The molecule has 2 aromatic carbocycles. The molecule has 0 saturated carbocycles. The van der Waals surface area contributed by atoms with E-state index in [1.54, 1.807) is 49.4 Å². The molecule has 0 spiro atoms. The summed E-state index contributed by atoms with van der Waals surface area (Å²) in [6.07, 6.45) is 0. The molecule has 1 aromatic heterocycles. The fraction of sp³-hybridized carbons (Fsp3) is 0.143. The van der Waals surface area contributed by atoms with Crippen molar-refractivity contribution in [3.63, 3.8) is 0 Å². The normalized spacial score (nSPS) is 10.9. The number of hydrogen-bond donors (Lipinski definition) is 2. The summed E-state index contributed by atoms with van der Waals surface area (Å²) in [6, 6.07) is 13.9. The van der Waals surface area contributed by atoms with E-state index < -0.39 is 21.9 Å². The van der Waals surface area contributed by atoms with Crippen molar-refractivity contribution in [2.45, 2.75) is 11.8 Å². The van der Waals surface area contributed by atoms with E-state index in [2.05, 4.69) is 10.0 Å². The lowest BCUT2D eigenvalue weighted by Gasteiger charge is -2.10. The molecule has 0 fully saturated rings. The number of amides is 1. The van der Waals surface area contributed by atoms with Crippen molar-refractivity contribution in [3.05, 3.63) is 70.4 Å². The first-order valence-electron chi connectivity index (χ1n) is 9.17. The molecule has 1 amide bonds. The predicted molar refractivity (Wildman–Crippen MR) is 118 cm³/mol. The van der Waals surface area contributed by atoms with Gasteiger partial charge >= 0.3 is 5.97 Å². The van der Waals surface area contributed by atoms with E-state index in [1.165, 1.54) is 24.6 Å². The Morgan fingerprint density at radius 2 is 1.77 bits per heavy atom. The zero-order chi connectivity index (χ0) is 22.4. The first kappa shape index (κ1) is 22.3. The molecule has 3 aromatic rings. The third-order valence-electron chi connectivity index (χ3n) is 4.10. The molecule has 8 nitrogen and oxygen atoms in total. The summed E-state index contributed by atoms with van der Waals surface area (Å²) in [5.74, 6) is -0.531. The van der Waals surface area contributed by atoms with Crippen LogP contribution in [0, 0.1) is 0 Å². The molecule has 0 saturated heterocycles. The fourth-order valence-corrected chi connectivity index (χ4v) is 5.05. The standard InChI is InChI=1S/C21H20N2O6S2/c1-3-29-21(25)14-5-4-6-16(13-14)22-20(24)19-18(11-12-30-19)31(26,27)23-15-7-9-17(28-2)10-8-15/h4-13,23H,3H2,1-2H3,(H,22,24). The third-order valence-corrected chi connectivity index (χ3v) is 6.56. The first-order chi connectivity index (χ1) is 14.8. The van der Waals surface area contributed by atoms with E-state index in [1.807, 2.05) is 0 Å². The molecule has 1 heterocycles. The summed E-state index contributed by atoms with van der Waals surface area (Å²) in [6.45, 7) is 1.93. The number of ether oxygens (including phenoxy) is 2. The van der Waals surface area contributed by atoms with Crippen molar-refractivity contribution in [3.8, 4) is 5.75 Å². The molecule has 0 radical (unpaired) electrons. The van der Waals surface area contributed by atoms with Crippen molar-refractivity contribution in [1.82, 2.24) is 0 Å². The molecule has 0 unspecified atom stereocenters. The second kappa shape index (κ2) is 9.63. The number of anilines is 2. The zero-order valence-corrected chi connectivity index (χ0v) is 18.4. The molecule has 0 atom stereocenters. The molecule has 0 aliphatic heterocycles. The average molecular weight is 461 g/mol. The maximum Gasteiger partial charge on any atom is 0.338 e. The smallest absolute Gasteiger partial charge is 0.338 e. The molecule has 2 N–H and O–H groups in total. The number of carbonyl (C=O) groups excluding carboxylic acids is 2. The van der Waals surface area contributed by atoms with E-state index in [9.17, 15) is 18.0 Å². The summed E-state index contributed by atoms with van der Waals surface area (Å²) in [5, 5.41) is 4.15. The van der Waals surface area contributed by atoms with Gasteiger partial charge in [0, 0.05) is 11.4 Å². The minimum atomic E-state index is -4.00. The molecular formula is C21H20N2O6S2. The number of hydrogen-bond acceptors (Lipinski definition) is 7. The molecule has 0 aliphatic carbocycles. The topological polar surface area (TPSA) is 111 Å². The summed E-state index contributed by atoms with van der Waals surface area (Å²) in [5.41, 5.74) is 0.954. The highest BCUT2D eigenvalue weighted by molar-refractivity contribution is 7.93. The van der Waals surface area contributed by atoms with Crippen molar-refractivity contribution in [2.75, 3.05) is 23.8 Å². The predicted octanol–water partition coefficient (Wildman–Crippen LogP) is 3.99. The van der Waals surface area contributed by atoms with Crippen molar-refractivity contribution < 1.29 is 27.5 Å². The number of nitrogens with one attached hydrogen (secondary N) is 2. The van der Waals surface area contributed by atoms with Crippen LogP contribution >= 0.6 is 11.3 Å². The number of methoxy groups -OCH3 is 1. The summed E-state index contributed by atoms with van der Waals surface area (Å²) < 4.78 is 38.1. The van der Waals surface area contributed by atoms with Gasteiger partial charge in [-0.3, -0.25) is 9.52 Å². The molecular weight excluding hydrogens is 440 g/mol. The largest absolute Gasteiger partial charge is 0.497 e. The van der Waals surface area contributed by atoms with E-state index in [-0.39, 0.29) is 21.9 Å². The number of thiophene rings is 1. The van der Waals surface area contributed by atoms with Crippen LogP contribution in [0.5, 0.6) is 5.75 Å². The Kier molecular flexibility index (Phi) is 6.93. The van der Waals surface area contributed by atoms with Crippen molar-refractivity contribution in [2.24, 2.45) is 0 Å². The molecule has 3 rings (SSSR count). The van der Waals surface area contributed by atoms with Gasteiger partial charge in [-0.05, 0) is 60.8 Å². The van der Waals surface area contributed by atoms with Gasteiger partial charge in [0.2, 0.25) is 0 Å². The second-order valence-corrected chi connectivity index (χ2v) is 8.77. The van der Waals surface area contributed by atoms with Gasteiger partial charge in [-0.15, -0.1) is 11.3 Å². The minimum absolute atomic E-state index is 0.0162. The Labute approximate surface area is 183 Å². The van der Waals surface area contributed by atoms with Gasteiger partial charge in [0.15, 0.2) is 0 Å². The lowest BCUT2D eigenvalue weighted by molar-refractivity contribution is 0.0526. The van der Waals surface area contributed by atoms with Crippen LogP contribution in [0.25, 0.3) is 0 Å². The highest BCUT2D eigenvalue weighted by atomic mass is 32.2. The maximum atomic E-state index is 12.8. The van der Waals surface area contributed by atoms with Crippen LogP contribution in [-0.4, -0.2) is 34.0 Å². The molecule has 10 heteroatoms. The maximum absolute atomic E-state index is 12.8. The summed E-state index contributed by atoms with van der Waals surface area (Å²) in [7, 11) is -2.49. The van der Waals surface area contributed by atoms with E-state index in [4.69, 9.17) is 9.47 Å². The zero-order valence-electron chi connectivity index (χ0n) is 16.7. The Hall–Kier alpha value is -3.37. The van der Waals surface area contributed by atoms with Gasteiger partial charge in [0.25, 0.3) is 15.9 Å². The van der Waals surface area contributed by atoms with E-state index >= 15 is 0 Å². The highest BCUT2D eigenvalue weighted by Crippen LogP contribution is 2.26. The molecule has 0 bridgehead atoms. The van der Waals surface area contributed by atoms with Gasteiger partial charge in [0.1, 0.15) is 15.5 Å². The number of sulfonamides is 1. The lowest BCUT2D eigenvalue weighted by atomic mass is 10.2. The van der Waals surface area contributed by atoms with Crippen LogP contribution in [-0.2, 0) is 14.8 Å². The fourth-order valence-electron chi connectivity index (χ4n) is 2.67. The van der Waals surface area contributed by atoms with Crippen LogP contribution in [0.4, 0.5) is 11.4 Å². The minimum Gasteiger partial charge on any atom is -0.497 e. The van der Waals surface area contributed by atoms with Crippen LogP contribution in [0.2, 0.25) is 0 Å². The van der Waals surface area contributed by atoms with Crippen LogP contribution < -0.4 is 14.8 Å². The molecule has 31 heavy (non-hydrogen) atoms. The van der Waals surface area contributed by atoms with Gasteiger partial charge < -0.3 is 14.8 Å². The van der Waals surface area contributed by atoms with E-state index in [0.717, 1.165) is 11.3 Å². The summed E-state index contributed by atoms with van der Waals surface area (Å²) >= 11 is 0.996. The number of rotatable bonds is 8. The first-order valence-corrected chi connectivity index (χ1v) is 11.5. The Bertz CT molecular complexity index is 1190. The van der Waals surface area contributed by atoms with Crippen LogP contribution in [0.3, 0.4) is 0 Å². The third kappa shape index (κ3) is 5.41. The SMILES string of the molecule is CCOC(=O)c1cccc(NC(=O)c2sccc2S(=O)(=O)Nc2ccc(OC)cc2)c1. The lowest BCUT2D eigenvalue weighted by Crippen LogP contribution is -2.18. The van der Waals surface area contributed by atoms with Gasteiger partial charge in [0.05, 0.1) is 19.3 Å². The van der Waals surface area contributed by atoms with Crippen molar-refractivity contribution in [1.29, 1.82) is 0 Å². The van der Waals surface area contributed by atoms with Crippen LogP contribution in [0.1, 0.15) is 27.0 Å². The Morgan fingerprint density at radius 1 is 1.03 bits per heavy atom. The number of carbonyl (C=O) groups is 2. The highest BCUT2D eigenvalue weighted by Gasteiger charge is 2.24. The van der Waals surface area contributed by atoms with Crippen molar-refractivity contribution >= 4 is 44.6 Å². The summed E-state index contributed by atoms with van der Waals surface area (Å²) in [4.78, 5) is 24.5. The Balaban J connectivity index is 1.79. The van der Waals surface area contributed by atoms with Gasteiger partial charge in [-0.2, -0.15) is 0 Å². The van der Waals surface area contributed by atoms with Crippen LogP contribution in [0.15, 0.2) is 64.9 Å². The number of esters is 1. The number of benzene rings is 2. The molecule has 162 valence electrons. The Morgan fingerprint density at radius 3 is 2.45 bits per heavy atom. The monoisotopic (exact) mass is 460 g/mol. The average Bonchev–Trinajstić information content (AvgIpc) is 3.26. The van der Waals surface area contributed by atoms with Gasteiger partial charge in [-0.25, -0.2) is 13.2 Å². The quantitative estimate of drug-likeness (QED) is 0.492. The second-order valence-electron chi connectivity index (χ2n) is 6.20. The van der Waals surface area contributed by atoms with Gasteiger partial charge in [-0.1, -0.05) is 6.07 Å². The molecule has 0 aliphatic rings.